The highest BCUT2D eigenvalue weighted by Crippen LogP contribution is 2.38. The maximum absolute atomic E-state index is 13.6. The Bertz CT molecular complexity index is 1500. The minimum absolute atomic E-state index is 0.00494. The van der Waals surface area contributed by atoms with Gasteiger partial charge in [-0.1, -0.05) is 30.3 Å². The molecule has 0 fully saturated rings. The maximum Gasteiger partial charge on any atom is 0.315 e. The van der Waals surface area contributed by atoms with Crippen molar-refractivity contribution in [3.63, 3.8) is 0 Å². The lowest BCUT2D eigenvalue weighted by atomic mass is 9.97. The zero-order chi connectivity index (χ0) is 27.4. The van der Waals surface area contributed by atoms with Crippen molar-refractivity contribution in [2.24, 2.45) is 5.73 Å². The van der Waals surface area contributed by atoms with E-state index >= 15 is 0 Å². The molecule has 10 nitrogen and oxygen atoms in total. The van der Waals surface area contributed by atoms with E-state index < -0.39 is 17.7 Å². The normalized spacial score (nSPS) is 10.9. The maximum atomic E-state index is 13.6. The number of esters is 1. The Kier molecular flexibility index (Phi) is 7.52. The third-order valence-electron chi connectivity index (χ3n) is 5.99. The molecular weight excluding hydrogens is 490 g/mol. The summed E-state index contributed by atoms with van der Waals surface area (Å²) in [5, 5.41) is 20.8. The SMILES string of the molecule is NC(=O)CCCCc1oc2cc(OC(=O)Cc3ccccc3)c(O)cc2c1C(=O)c1cc(N)c(O)c(N)c1. The Labute approximate surface area is 217 Å². The number of nitrogen functional groups attached to an aromatic ring is 2. The van der Waals surface area contributed by atoms with E-state index in [1.165, 1.54) is 24.3 Å². The highest BCUT2D eigenvalue weighted by atomic mass is 16.5. The van der Waals surface area contributed by atoms with Gasteiger partial charge >= 0.3 is 5.97 Å². The summed E-state index contributed by atoms with van der Waals surface area (Å²) in [5.74, 6) is -2.04. The van der Waals surface area contributed by atoms with E-state index in [4.69, 9.17) is 26.4 Å². The molecular formula is C28H27N3O7. The van der Waals surface area contributed by atoms with Crippen molar-refractivity contribution < 1.29 is 33.8 Å². The predicted molar refractivity (Wildman–Crippen MR) is 141 cm³/mol. The molecule has 4 aromatic rings. The van der Waals surface area contributed by atoms with Crippen LogP contribution < -0.4 is 21.9 Å². The average molecular weight is 518 g/mol. The summed E-state index contributed by atoms with van der Waals surface area (Å²) in [5.41, 5.74) is 17.9. The van der Waals surface area contributed by atoms with Gasteiger partial charge in [-0.3, -0.25) is 14.4 Å². The van der Waals surface area contributed by atoms with Gasteiger partial charge in [0.25, 0.3) is 0 Å². The van der Waals surface area contributed by atoms with Gasteiger partial charge in [0, 0.05) is 29.9 Å². The van der Waals surface area contributed by atoms with E-state index in [0.29, 0.717) is 18.6 Å². The van der Waals surface area contributed by atoms with Crippen LogP contribution in [0.1, 0.15) is 46.5 Å². The minimum Gasteiger partial charge on any atom is -0.504 e. The number of phenolic OH excluding ortho intramolecular Hbond substituents is 2. The van der Waals surface area contributed by atoms with Crippen LogP contribution in [0, 0.1) is 0 Å². The number of amides is 1. The fourth-order valence-electron chi connectivity index (χ4n) is 4.13. The zero-order valence-corrected chi connectivity index (χ0v) is 20.4. The highest BCUT2D eigenvalue weighted by Gasteiger charge is 2.25. The number of ketones is 1. The lowest BCUT2D eigenvalue weighted by molar-refractivity contribution is -0.133. The van der Waals surface area contributed by atoms with Crippen molar-refractivity contribution in [1.82, 2.24) is 0 Å². The van der Waals surface area contributed by atoms with Gasteiger partial charge in [-0.25, -0.2) is 0 Å². The number of aromatic hydroxyl groups is 2. The summed E-state index contributed by atoms with van der Waals surface area (Å²) in [4.78, 5) is 37.2. The molecule has 8 N–H and O–H groups in total. The van der Waals surface area contributed by atoms with Gasteiger partial charge in [0.15, 0.2) is 23.0 Å². The van der Waals surface area contributed by atoms with E-state index in [-0.39, 0.29) is 70.0 Å². The van der Waals surface area contributed by atoms with Gasteiger partial charge in [0.05, 0.1) is 23.4 Å². The lowest BCUT2D eigenvalue weighted by Gasteiger charge is -2.08. The highest BCUT2D eigenvalue weighted by molar-refractivity contribution is 6.18. The molecule has 0 bridgehead atoms. The number of carbonyl (C=O) groups excluding carboxylic acids is 3. The Morgan fingerprint density at radius 2 is 1.61 bits per heavy atom. The Morgan fingerprint density at radius 3 is 2.26 bits per heavy atom. The second-order valence-corrected chi connectivity index (χ2v) is 8.86. The van der Waals surface area contributed by atoms with Crippen LogP contribution in [0.3, 0.4) is 0 Å². The van der Waals surface area contributed by atoms with Gasteiger partial charge in [-0.2, -0.15) is 0 Å². The number of rotatable bonds is 10. The second-order valence-electron chi connectivity index (χ2n) is 8.86. The Hall–Kier alpha value is -4.99. The monoisotopic (exact) mass is 517 g/mol. The van der Waals surface area contributed by atoms with E-state index in [1.54, 1.807) is 24.3 Å². The predicted octanol–water partition coefficient (Wildman–Crippen LogP) is 3.59. The van der Waals surface area contributed by atoms with E-state index in [2.05, 4.69) is 0 Å². The first-order valence-electron chi connectivity index (χ1n) is 11.9. The topological polar surface area (TPSA) is 192 Å². The molecule has 0 aliphatic heterocycles. The van der Waals surface area contributed by atoms with Crippen LogP contribution >= 0.6 is 0 Å². The molecule has 0 aliphatic rings. The van der Waals surface area contributed by atoms with Gasteiger partial charge < -0.3 is 36.6 Å². The van der Waals surface area contributed by atoms with Crippen molar-refractivity contribution >= 4 is 40.0 Å². The number of hydrogen-bond donors (Lipinski definition) is 5. The number of phenols is 2. The van der Waals surface area contributed by atoms with Crippen LogP contribution in [0.15, 0.2) is 59.0 Å². The van der Waals surface area contributed by atoms with Crippen LogP contribution in [0.4, 0.5) is 11.4 Å². The molecule has 10 heteroatoms. The quantitative estimate of drug-likeness (QED) is 0.0522. The minimum atomic E-state index is -0.588. The standard InChI is InChI=1S/C28H27N3O7/c29-18-11-16(12-19(30)28(18)36)27(35)26-17-13-20(32)23(38-25(34)10-15-6-2-1-3-7-15)14-22(17)37-21(26)8-4-5-9-24(31)33/h1-3,6-7,11-14,32,36H,4-5,8-10,29-30H2,(H2,31,33). The molecule has 196 valence electrons. The van der Waals surface area contributed by atoms with Crippen molar-refractivity contribution in [2.75, 3.05) is 11.5 Å². The molecule has 0 radical (unpaired) electrons. The summed E-state index contributed by atoms with van der Waals surface area (Å²) in [7, 11) is 0. The number of fused-ring (bicyclic) bond motifs is 1. The van der Waals surface area contributed by atoms with Crippen LogP contribution in [0.25, 0.3) is 11.0 Å². The molecule has 0 saturated carbocycles. The number of anilines is 2. The second kappa shape index (κ2) is 11.0. The van der Waals surface area contributed by atoms with Crippen LogP contribution in [0.5, 0.6) is 17.2 Å². The smallest absolute Gasteiger partial charge is 0.315 e. The van der Waals surface area contributed by atoms with Gasteiger partial charge in [-0.05, 0) is 36.6 Å². The number of unbranched alkanes of at least 4 members (excludes halogenated alkanes) is 1. The van der Waals surface area contributed by atoms with Crippen molar-refractivity contribution in [1.29, 1.82) is 0 Å². The fourth-order valence-corrected chi connectivity index (χ4v) is 4.13. The molecule has 1 aromatic heterocycles. The molecule has 1 heterocycles. The number of hydrogen-bond acceptors (Lipinski definition) is 9. The Morgan fingerprint density at radius 1 is 0.921 bits per heavy atom. The molecule has 0 unspecified atom stereocenters. The molecule has 38 heavy (non-hydrogen) atoms. The van der Waals surface area contributed by atoms with E-state index in [9.17, 15) is 24.6 Å². The van der Waals surface area contributed by atoms with Crippen LogP contribution in [-0.4, -0.2) is 27.9 Å². The molecule has 0 atom stereocenters. The Balaban J connectivity index is 1.70. The average Bonchev–Trinajstić information content (AvgIpc) is 3.21. The fraction of sp³-hybridized carbons (Fsp3) is 0.179. The third-order valence-corrected chi connectivity index (χ3v) is 5.99. The number of ether oxygens (including phenoxy) is 1. The third kappa shape index (κ3) is 5.70. The number of benzene rings is 3. The number of furan rings is 1. The van der Waals surface area contributed by atoms with E-state index in [1.807, 2.05) is 6.07 Å². The summed E-state index contributed by atoms with van der Waals surface area (Å²) in [6.45, 7) is 0. The molecule has 0 spiro atoms. The van der Waals surface area contributed by atoms with Gasteiger partial charge in [-0.15, -0.1) is 0 Å². The molecule has 3 aromatic carbocycles. The lowest BCUT2D eigenvalue weighted by Crippen LogP contribution is -2.11. The number of nitrogens with two attached hydrogens (primary N) is 3. The van der Waals surface area contributed by atoms with Gasteiger partial charge in [0.1, 0.15) is 11.3 Å². The first-order chi connectivity index (χ1) is 18.1. The molecule has 1 amide bonds. The summed E-state index contributed by atoms with van der Waals surface area (Å²) < 4.78 is 11.4. The van der Waals surface area contributed by atoms with Crippen molar-refractivity contribution in [3.05, 3.63) is 77.0 Å². The summed E-state index contributed by atoms with van der Waals surface area (Å²) in [6, 6.07) is 14.2. The van der Waals surface area contributed by atoms with Crippen molar-refractivity contribution in [3.8, 4) is 17.2 Å². The number of primary amides is 1. The largest absolute Gasteiger partial charge is 0.504 e. The van der Waals surface area contributed by atoms with Crippen molar-refractivity contribution in [2.45, 2.75) is 32.1 Å². The molecule has 0 aliphatic carbocycles. The summed E-state index contributed by atoms with van der Waals surface area (Å²) in [6.07, 6.45) is 1.43. The zero-order valence-electron chi connectivity index (χ0n) is 20.4. The summed E-state index contributed by atoms with van der Waals surface area (Å²) >= 11 is 0. The first-order valence-corrected chi connectivity index (χ1v) is 11.9. The first kappa shape index (κ1) is 26.1. The molecule has 4 rings (SSSR count). The van der Waals surface area contributed by atoms with E-state index in [0.717, 1.165) is 5.56 Å². The number of aryl methyl sites for hydroxylation is 1. The number of carbonyl (C=O) groups is 3. The van der Waals surface area contributed by atoms with Gasteiger partial charge in [0.2, 0.25) is 5.91 Å². The van der Waals surface area contributed by atoms with Crippen LogP contribution in [0.2, 0.25) is 0 Å². The van der Waals surface area contributed by atoms with Crippen LogP contribution in [-0.2, 0) is 22.4 Å². The molecule has 0 saturated heterocycles.